The lowest BCUT2D eigenvalue weighted by Gasteiger charge is -2.10. The van der Waals surface area contributed by atoms with E-state index in [4.69, 9.17) is 4.74 Å². The van der Waals surface area contributed by atoms with Crippen molar-refractivity contribution in [2.75, 3.05) is 0 Å². The summed E-state index contributed by atoms with van der Waals surface area (Å²) in [6.45, 7) is 0.0545. The van der Waals surface area contributed by atoms with Crippen LogP contribution < -0.4 is 15.6 Å². The van der Waals surface area contributed by atoms with Crippen molar-refractivity contribution < 1.29 is 18.3 Å². The van der Waals surface area contributed by atoms with Gasteiger partial charge in [-0.05, 0) is 18.2 Å². The standard InChI is InChI=1S/C16H12F2N4O3/c17-11-4-3-10(6-12(11)18)25-16-9(2-1-5-19-16)8-20-15(24)13-7-14(23)22-21-13/h1-7H,8H2,(H,20,24)(H2,21,22,23). The summed E-state index contributed by atoms with van der Waals surface area (Å²) in [6, 6.07) is 7.52. The second-order valence-electron chi connectivity index (χ2n) is 5.00. The third-order valence-corrected chi connectivity index (χ3v) is 3.24. The van der Waals surface area contributed by atoms with Gasteiger partial charge in [0.15, 0.2) is 11.6 Å². The molecule has 0 radical (unpaired) electrons. The van der Waals surface area contributed by atoms with Gasteiger partial charge in [-0.3, -0.25) is 19.8 Å². The number of hydrogen-bond donors (Lipinski definition) is 3. The first kappa shape index (κ1) is 16.4. The third kappa shape index (κ3) is 3.89. The highest BCUT2D eigenvalue weighted by Crippen LogP contribution is 2.24. The number of hydrogen-bond acceptors (Lipinski definition) is 4. The molecule has 1 aromatic carbocycles. The summed E-state index contributed by atoms with van der Waals surface area (Å²) in [7, 11) is 0. The van der Waals surface area contributed by atoms with Crippen LogP contribution in [0.15, 0.2) is 47.4 Å². The number of carbonyl (C=O) groups is 1. The van der Waals surface area contributed by atoms with Crippen LogP contribution in [0.5, 0.6) is 11.6 Å². The van der Waals surface area contributed by atoms with E-state index in [0.717, 1.165) is 18.2 Å². The molecule has 0 aliphatic rings. The zero-order chi connectivity index (χ0) is 17.8. The predicted molar refractivity (Wildman–Crippen MR) is 83.3 cm³/mol. The van der Waals surface area contributed by atoms with Crippen LogP contribution in [0, 0.1) is 11.6 Å². The summed E-state index contributed by atoms with van der Waals surface area (Å²) < 4.78 is 31.7. The summed E-state index contributed by atoms with van der Waals surface area (Å²) in [6.07, 6.45) is 1.46. The maximum atomic E-state index is 13.3. The van der Waals surface area contributed by atoms with Crippen LogP contribution in [-0.2, 0) is 6.54 Å². The second-order valence-corrected chi connectivity index (χ2v) is 5.00. The van der Waals surface area contributed by atoms with Gasteiger partial charge in [0.25, 0.3) is 11.5 Å². The van der Waals surface area contributed by atoms with Crippen molar-refractivity contribution in [3.8, 4) is 11.6 Å². The van der Waals surface area contributed by atoms with Gasteiger partial charge in [-0.2, -0.15) is 0 Å². The van der Waals surface area contributed by atoms with E-state index in [-0.39, 0.29) is 23.9 Å². The van der Waals surface area contributed by atoms with Crippen molar-refractivity contribution in [3.63, 3.8) is 0 Å². The van der Waals surface area contributed by atoms with Crippen molar-refractivity contribution in [3.05, 3.63) is 75.8 Å². The van der Waals surface area contributed by atoms with Gasteiger partial charge in [0.1, 0.15) is 11.4 Å². The molecule has 3 aromatic rings. The Balaban J connectivity index is 1.73. The van der Waals surface area contributed by atoms with Crippen LogP contribution in [0.1, 0.15) is 16.1 Å². The molecule has 0 saturated heterocycles. The number of nitrogens with zero attached hydrogens (tertiary/aromatic N) is 1. The van der Waals surface area contributed by atoms with E-state index in [1.165, 1.54) is 12.3 Å². The molecule has 0 bridgehead atoms. The van der Waals surface area contributed by atoms with Crippen LogP contribution in [0.3, 0.4) is 0 Å². The normalized spacial score (nSPS) is 10.5. The fourth-order valence-corrected chi connectivity index (χ4v) is 2.03. The molecule has 0 spiro atoms. The number of halogens is 2. The van der Waals surface area contributed by atoms with E-state index in [9.17, 15) is 18.4 Å². The largest absolute Gasteiger partial charge is 0.439 e. The van der Waals surface area contributed by atoms with Gasteiger partial charge in [-0.25, -0.2) is 13.8 Å². The number of H-pyrrole nitrogens is 2. The molecule has 0 aliphatic carbocycles. The number of carbonyl (C=O) groups excluding carboxylic acids is 1. The van der Waals surface area contributed by atoms with Crippen molar-refractivity contribution in [2.45, 2.75) is 6.54 Å². The number of ether oxygens (including phenoxy) is 1. The molecule has 0 atom stereocenters. The van der Waals surface area contributed by atoms with Crippen molar-refractivity contribution in [1.29, 1.82) is 0 Å². The molecule has 0 aliphatic heterocycles. The molecular formula is C16H12F2N4O3. The van der Waals surface area contributed by atoms with Crippen LogP contribution in [0.2, 0.25) is 0 Å². The molecule has 2 heterocycles. The van der Waals surface area contributed by atoms with Gasteiger partial charge in [0.05, 0.1) is 0 Å². The number of benzene rings is 1. The maximum absolute atomic E-state index is 13.3. The average molecular weight is 346 g/mol. The Labute approximate surface area is 139 Å². The Kier molecular flexibility index (Phi) is 4.55. The molecule has 25 heavy (non-hydrogen) atoms. The zero-order valence-electron chi connectivity index (χ0n) is 12.7. The number of aromatic nitrogens is 3. The second kappa shape index (κ2) is 6.95. The Bertz CT molecular complexity index is 968. The molecule has 0 fully saturated rings. The smallest absolute Gasteiger partial charge is 0.269 e. The lowest BCUT2D eigenvalue weighted by Crippen LogP contribution is -2.23. The highest BCUT2D eigenvalue weighted by atomic mass is 19.2. The number of rotatable bonds is 5. The molecule has 0 unspecified atom stereocenters. The molecule has 9 heteroatoms. The van der Waals surface area contributed by atoms with E-state index in [1.54, 1.807) is 12.1 Å². The van der Waals surface area contributed by atoms with Crippen LogP contribution in [0.25, 0.3) is 0 Å². The topological polar surface area (TPSA) is 99.9 Å². The van der Waals surface area contributed by atoms with Crippen molar-refractivity contribution in [1.82, 2.24) is 20.5 Å². The maximum Gasteiger partial charge on any atom is 0.269 e. The first-order chi connectivity index (χ1) is 12.0. The predicted octanol–water partition coefficient (Wildman–Crippen LogP) is 2.10. The molecule has 2 aromatic heterocycles. The first-order valence-corrected chi connectivity index (χ1v) is 7.15. The molecule has 0 saturated carbocycles. The first-order valence-electron chi connectivity index (χ1n) is 7.15. The monoisotopic (exact) mass is 346 g/mol. The van der Waals surface area contributed by atoms with Gasteiger partial charge in [-0.15, -0.1) is 0 Å². The molecule has 1 amide bonds. The average Bonchev–Trinajstić information content (AvgIpc) is 3.04. The fraction of sp³-hybridized carbons (Fsp3) is 0.0625. The minimum Gasteiger partial charge on any atom is -0.439 e. The van der Waals surface area contributed by atoms with Gasteiger partial charge >= 0.3 is 0 Å². The van der Waals surface area contributed by atoms with Crippen LogP contribution in [0.4, 0.5) is 8.78 Å². The minimum absolute atomic E-state index is 0.0545. The highest BCUT2D eigenvalue weighted by Gasteiger charge is 2.12. The van der Waals surface area contributed by atoms with Gasteiger partial charge in [0.2, 0.25) is 5.88 Å². The highest BCUT2D eigenvalue weighted by molar-refractivity contribution is 5.92. The number of aromatic amines is 2. The summed E-state index contributed by atoms with van der Waals surface area (Å²) in [5.74, 6) is -2.32. The van der Waals surface area contributed by atoms with Crippen molar-refractivity contribution in [2.24, 2.45) is 0 Å². The zero-order valence-corrected chi connectivity index (χ0v) is 12.7. The lowest BCUT2D eigenvalue weighted by molar-refractivity contribution is 0.0945. The molecular weight excluding hydrogens is 334 g/mol. The van der Waals surface area contributed by atoms with E-state index in [1.807, 2.05) is 0 Å². The summed E-state index contributed by atoms with van der Waals surface area (Å²) in [4.78, 5) is 27.0. The minimum atomic E-state index is -1.04. The third-order valence-electron chi connectivity index (χ3n) is 3.24. The van der Waals surface area contributed by atoms with E-state index in [2.05, 4.69) is 20.5 Å². The summed E-state index contributed by atoms with van der Waals surface area (Å²) >= 11 is 0. The summed E-state index contributed by atoms with van der Waals surface area (Å²) in [5, 5.41) is 7.28. The van der Waals surface area contributed by atoms with E-state index in [0.29, 0.717) is 5.56 Å². The number of amides is 1. The van der Waals surface area contributed by atoms with Gasteiger partial charge in [0, 0.05) is 30.4 Å². The Morgan fingerprint density at radius 3 is 2.72 bits per heavy atom. The van der Waals surface area contributed by atoms with Crippen LogP contribution >= 0.6 is 0 Å². The quantitative estimate of drug-likeness (QED) is 0.659. The van der Waals surface area contributed by atoms with Crippen molar-refractivity contribution >= 4 is 5.91 Å². The molecule has 128 valence electrons. The molecule has 3 N–H and O–H groups in total. The molecule has 3 rings (SSSR count). The van der Waals surface area contributed by atoms with E-state index < -0.39 is 23.1 Å². The SMILES string of the molecule is O=C(NCc1cccnc1Oc1ccc(F)c(F)c1)c1cc(=O)[nH][nH]1. The van der Waals surface area contributed by atoms with Crippen LogP contribution in [-0.4, -0.2) is 21.1 Å². The number of nitrogens with one attached hydrogen (secondary N) is 3. The van der Waals surface area contributed by atoms with E-state index >= 15 is 0 Å². The Hall–Kier alpha value is -3.49. The van der Waals surface area contributed by atoms with Gasteiger partial charge in [-0.1, -0.05) is 6.07 Å². The van der Waals surface area contributed by atoms with Gasteiger partial charge < -0.3 is 10.1 Å². The summed E-state index contributed by atoms with van der Waals surface area (Å²) in [5.41, 5.74) is 0.171. The number of pyridine rings is 1. The fourth-order valence-electron chi connectivity index (χ4n) is 2.03. The Morgan fingerprint density at radius 2 is 2.00 bits per heavy atom. The lowest BCUT2D eigenvalue weighted by atomic mass is 10.2. The Morgan fingerprint density at radius 1 is 1.16 bits per heavy atom. The molecule has 7 nitrogen and oxygen atoms in total.